The van der Waals surface area contributed by atoms with Crippen molar-refractivity contribution in [1.29, 1.82) is 0 Å². The Morgan fingerprint density at radius 2 is 0.500 bits per heavy atom. The molecular weight excluding hydrogens is 107 g/mol. The maximum absolute atomic E-state index is 1.50. The fraction of sp³-hybridized carbons (Fsp3) is 1.00. The Hall–Kier alpha value is 1.00. The Labute approximate surface area is 74.3 Å². The Balaban J connectivity index is 0.000000490. The standard InChI is InChI=1S/C7H14.Na.H/c1-2-4-6-7-5-3-1;;/h1-7H2;;. The van der Waals surface area contributed by atoms with Gasteiger partial charge in [0.2, 0.25) is 0 Å². The quantitative estimate of drug-likeness (QED) is 0.341. The van der Waals surface area contributed by atoms with E-state index in [2.05, 4.69) is 0 Å². The van der Waals surface area contributed by atoms with E-state index in [0.29, 0.717) is 0 Å². The third kappa shape index (κ3) is 3.94. The van der Waals surface area contributed by atoms with Gasteiger partial charge in [-0.2, -0.15) is 0 Å². The molecule has 0 saturated heterocycles. The van der Waals surface area contributed by atoms with Crippen molar-refractivity contribution in [3.8, 4) is 0 Å². The van der Waals surface area contributed by atoms with E-state index < -0.39 is 0 Å². The van der Waals surface area contributed by atoms with Gasteiger partial charge in [0.15, 0.2) is 0 Å². The first-order valence-electron chi connectivity index (χ1n) is 3.50. The van der Waals surface area contributed by atoms with Crippen LogP contribution in [0, 0.1) is 0 Å². The van der Waals surface area contributed by atoms with Crippen molar-refractivity contribution in [2.75, 3.05) is 0 Å². The van der Waals surface area contributed by atoms with Crippen molar-refractivity contribution in [3.63, 3.8) is 0 Å². The van der Waals surface area contributed by atoms with Crippen LogP contribution in [0.1, 0.15) is 44.9 Å². The van der Waals surface area contributed by atoms with Crippen molar-refractivity contribution in [1.82, 2.24) is 0 Å². The number of rotatable bonds is 0. The molecule has 0 nitrogen and oxygen atoms in total. The van der Waals surface area contributed by atoms with Gasteiger partial charge >= 0.3 is 29.6 Å². The minimum absolute atomic E-state index is 0. The van der Waals surface area contributed by atoms with E-state index in [9.17, 15) is 0 Å². The average Bonchev–Trinajstić information content (AvgIpc) is 1.90. The molecule has 0 aliphatic heterocycles. The number of hydrogen-bond acceptors (Lipinski definition) is 0. The predicted octanol–water partition coefficient (Wildman–Crippen LogP) is 2.08. The van der Waals surface area contributed by atoms with Crippen molar-refractivity contribution in [2.45, 2.75) is 44.9 Å². The van der Waals surface area contributed by atoms with Gasteiger partial charge in [0.05, 0.1) is 0 Å². The molecule has 1 fully saturated rings. The van der Waals surface area contributed by atoms with E-state index in [4.69, 9.17) is 0 Å². The van der Waals surface area contributed by atoms with Crippen LogP contribution < -0.4 is 0 Å². The summed E-state index contributed by atoms with van der Waals surface area (Å²) in [7, 11) is 0. The summed E-state index contributed by atoms with van der Waals surface area (Å²) in [6.07, 6.45) is 10.5. The summed E-state index contributed by atoms with van der Waals surface area (Å²) in [6.45, 7) is 0. The molecule has 44 valence electrons. The van der Waals surface area contributed by atoms with E-state index in [0.717, 1.165) is 0 Å². The minimum atomic E-state index is 0. The molecule has 1 aliphatic rings. The fourth-order valence-electron chi connectivity index (χ4n) is 1.24. The molecule has 0 bridgehead atoms. The molecule has 0 aromatic heterocycles. The van der Waals surface area contributed by atoms with Crippen LogP contribution in [0.15, 0.2) is 0 Å². The van der Waals surface area contributed by atoms with Crippen LogP contribution in [-0.4, -0.2) is 29.6 Å². The maximum atomic E-state index is 1.50. The van der Waals surface area contributed by atoms with Gasteiger partial charge in [-0.05, 0) is 0 Å². The van der Waals surface area contributed by atoms with Crippen LogP contribution in [0.3, 0.4) is 0 Å². The van der Waals surface area contributed by atoms with E-state index >= 15 is 0 Å². The molecule has 1 aliphatic carbocycles. The van der Waals surface area contributed by atoms with Crippen LogP contribution in [0.4, 0.5) is 0 Å². The molecule has 0 unspecified atom stereocenters. The summed E-state index contributed by atoms with van der Waals surface area (Å²) in [5.74, 6) is 0. The molecule has 0 heterocycles. The first kappa shape index (κ1) is 9.00. The van der Waals surface area contributed by atoms with Gasteiger partial charge in [0.25, 0.3) is 0 Å². The summed E-state index contributed by atoms with van der Waals surface area (Å²) < 4.78 is 0. The van der Waals surface area contributed by atoms with Crippen molar-refractivity contribution in [3.05, 3.63) is 0 Å². The second-order valence-corrected chi connectivity index (χ2v) is 2.47. The van der Waals surface area contributed by atoms with Gasteiger partial charge in [-0.15, -0.1) is 0 Å². The molecule has 8 heavy (non-hydrogen) atoms. The Kier molecular flexibility index (Phi) is 6.89. The molecule has 1 saturated carbocycles. The van der Waals surface area contributed by atoms with E-state index in [1.165, 1.54) is 44.9 Å². The Bertz CT molecular complexity index is 24.0. The zero-order valence-corrected chi connectivity index (χ0v) is 4.95. The van der Waals surface area contributed by atoms with Crippen molar-refractivity contribution in [2.24, 2.45) is 0 Å². The van der Waals surface area contributed by atoms with E-state index in [1.807, 2.05) is 0 Å². The van der Waals surface area contributed by atoms with E-state index in [-0.39, 0.29) is 29.6 Å². The Morgan fingerprint density at radius 3 is 0.625 bits per heavy atom. The first-order valence-corrected chi connectivity index (χ1v) is 3.50. The van der Waals surface area contributed by atoms with Gasteiger partial charge in [-0.25, -0.2) is 0 Å². The molecule has 0 N–H and O–H groups in total. The van der Waals surface area contributed by atoms with Crippen molar-refractivity contribution < 1.29 is 0 Å². The normalized spacial score (nSPS) is 21.0. The predicted molar refractivity (Wildman–Crippen MR) is 39.5 cm³/mol. The topological polar surface area (TPSA) is 0 Å². The molecule has 1 heteroatoms. The molecule has 0 aromatic carbocycles. The molecule has 1 rings (SSSR count). The molecule has 0 spiro atoms. The molecule has 0 atom stereocenters. The van der Waals surface area contributed by atoms with Gasteiger partial charge in [0.1, 0.15) is 0 Å². The summed E-state index contributed by atoms with van der Waals surface area (Å²) in [5.41, 5.74) is 0. The van der Waals surface area contributed by atoms with E-state index in [1.54, 1.807) is 0 Å². The van der Waals surface area contributed by atoms with Crippen LogP contribution in [0.25, 0.3) is 0 Å². The fourth-order valence-corrected chi connectivity index (χ4v) is 1.24. The monoisotopic (exact) mass is 122 g/mol. The molecular formula is C7H15Na. The summed E-state index contributed by atoms with van der Waals surface area (Å²) >= 11 is 0. The molecule has 0 aromatic rings. The van der Waals surface area contributed by atoms with Gasteiger partial charge in [0, 0.05) is 0 Å². The number of hydrogen-bond donors (Lipinski definition) is 0. The molecule has 0 amide bonds. The second kappa shape index (κ2) is 6.12. The SMILES string of the molecule is C1CCCCCC1.[NaH]. The average molecular weight is 122 g/mol. The molecule has 0 radical (unpaired) electrons. The first-order chi connectivity index (χ1) is 3.50. The van der Waals surface area contributed by atoms with Crippen molar-refractivity contribution >= 4 is 29.6 Å². The Morgan fingerprint density at radius 1 is 0.375 bits per heavy atom. The van der Waals surface area contributed by atoms with Crippen LogP contribution >= 0.6 is 0 Å². The van der Waals surface area contributed by atoms with Gasteiger partial charge < -0.3 is 0 Å². The van der Waals surface area contributed by atoms with Crippen LogP contribution in [0.5, 0.6) is 0 Å². The zero-order chi connectivity index (χ0) is 4.95. The second-order valence-electron chi connectivity index (χ2n) is 2.47. The van der Waals surface area contributed by atoms with Crippen LogP contribution in [0.2, 0.25) is 0 Å². The summed E-state index contributed by atoms with van der Waals surface area (Å²) in [4.78, 5) is 0. The third-order valence-corrected chi connectivity index (χ3v) is 1.75. The summed E-state index contributed by atoms with van der Waals surface area (Å²) in [5, 5.41) is 0. The van der Waals surface area contributed by atoms with Gasteiger partial charge in [-0.1, -0.05) is 44.9 Å². The van der Waals surface area contributed by atoms with Crippen LogP contribution in [-0.2, 0) is 0 Å². The zero-order valence-electron chi connectivity index (χ0n) is 4.95. The van der Waals surface area contributed by atoms with Gasteiger partial charge in [-0.3, -0.25) is 0 Å². The third-order valence-electron chi connectivity index (χ3n) is 1.75. The summed E-state index contributed by atoms with van der Waals surface area (Å²) in [6, 6.07) is 0.